The molecule has 1 aliphatic rings. The van der Waals surface area contributed by atoms with Crippen LogP contribution in [0.5, 0.6) is 0 Å². The minimum atomic E-state index is -4.57. The predicted octanol–water partition coefficient (Wildman–Crippen LogP) is 3.36. The summed E-state index contributed by atoms with van der Waals surface area (Å²) in [6, 6.07) is 9.67. The molecule has 0 aliphatic heterocycles. The zero-order chi connectivity index (χ0) is 21.4. The molecule has 0 aromatic heterocycles. The van der Waals surface area contributed by atoms with E-state index in [2.05, 4.69) is 0 Å². The first kappa shape index (κ1) is 20.8. The number of nitrogens with one attached hydrogen (secondary N) is 1. The summed E-state index contributed by atoms with van der Waals surface area (Å²) in [6.07, 6.45) is -4.45. The second kappa shape index (κ2) is 7.47. The van der Waals surface area contributed by atoms with Crippen molar-refractivity contribution in [3.05, 3.63) is 75.3 Å². The van der Waals surface area contributed by atoms with Gasteiger partial charge >= 0.3 is 6.18 Å². The molecule has 0 heterocycles. The van der Waals surface area contributed by atoms with E-state index in [1.807, 2.05) is 4.72 Å². The van der Waals surface area contributed by atoms with E-state index in [9.17, 15) is 36.5 Å². The lowest BCUT2D eigenvalue weighted by atomic mass is 10.0. The van der Waals surface area contributed by atoms with Gasteiger partial charge in [0.15, 0.2) is 0 Å². The quantitative estimate of drug-likeness (QED) is 0.561. The van der Waals surface area contributed by atoms with Gasteiger partial charge in [-0.1, -0.05) is 30.3 Å². The molecule has 0 radical (unpaired) electrons. The Balaban J connectivity index is 1.66. The molecule has 1 amide bonds. The first-order chi connectivity index (χ1) is 13.5. The summed E-state index contributed by atoms with van der Waals surface area (Å²) in [6.45, 7) is 0. The van der Waals surface area contributed by atoms with Gasteiger partial charge in [-0.3, -0.25) is 19.6 Å². The number of carbonyl (C=O) groups excluding carboxylic acids is 1. The van der Waals surface area contributed by atoms with Crippen molar-refractivity contribution in [2.75, 3.05) is 0 Å². The maximum atomic E-state index is 13.1. The fraction of sp³-hybridized carbons (Fsp3) is 0.278. The molecular formula is C18H15F3N2O5S. The first-order valence-corrected chi connectivity index (χ1v) is 10.1. The lowest BCUT2D eigenvalue weighted by Crippen LogP contribution is -2.33. The van der Waals surface area contributed by atoms with Gasteiger partial charge in [0.25, 0.3) is 5.69 Å². The van der Waals surface area contributed by atoms with Crippen LogP contribution in [0, 0.1) is 16.0 Å². The minimum absolute atomic E-state index is 0.0343. The van der Waals surface area contributed by atoms with Crippen molar-refractivity contribution in [2.24, 2.45) is 5.92 Å². The van der Waals surface area contributed by atoms with Crippen LogP contribution in [0.15, 0.2) is 48.5 Å². The lowest BCUT2D eigenvalue weighted by molar-refractivity contribution is -0.384. The summed E-state index contributed by atoms with van der Waals surface area (Å²) in [4.78, 5) is 22.2. The van der Waals surface area contributed by atoms with Crippen LogP contribution in [0.25, 0.3) is 0 Å². The van der Waals surface area contributed by atoms with Gasteiger partial charge in [0.05, 0.1) is 16.2 Å². The number of benzene rings is 2. The number of carbonyl (C=O) groups is 1. The molecule has 3 rings (SSSR count). The monoisotopic (exact) mass is 428 g/mol. The number of nitro groups is 1. The Bertz CT molecular complexity index is 1050. The molecule has 0 spiro atoms. The van der Waals surface area contributed by atoms with Crippen molar-refractivity contribution in [1.82, 2.24) is 4.72 Å². The van der Waals surface area contributed by atoms with E-state index < -0.39 is 50.2 Å². The Labute approximate surface area is 163 Å². The number of hydrogen-bond acceptors (Lipinski definition) is 5. The lowest BCUT2D eigenvalue weighted by Gasteiger charge is -2.12. The van der Waals surface area contributed by atoms with Crippen LogP contribution in [0.2, 0.25) is 0 Å². The Hall–Kier alpha value is -2.95. The molecular weight excluding hydrogens is 413 g/mol. The average Bonchev–Trinajstić information content (AvgIpc) is 3.41. The van der Waals surface area contributed by atoms with Gasteiger partial charge in [-0.25, -0.2) is 8.42 Å². The molecule has 1 saturated carbocycles. The highest BCUT2D eigenvalue weighted by Crippen LogP contribution is 2.51. The molecule has 29 heavy (non-hydrogen) atoms. The summed E-state index contributed by atoms with van der Waals surface area (Å²) in [5.41, 5.74) is -0.855. The van der Waals surface area contributed by atoms with Crippen molar-refractivity contribution in [3.63, 3.8) is 0 Å². The van der Waals surface area contributed by atoms with Gasteiger partial charge in [0, 0.05) is 18.1 Å². The number of rotatable bonds is 6. The minimum Gasteiger partial charge on any atom is -0.274 e. The maximum absolute atomic E-state index is 13.1. The summed E-state index contributed by atoms with van der Waals surface area (Å²) < 4.78 is 65.6. The van der Waals surface area contributed by atoms with Crippen molar-refractivity contribution in [3.8, 4) is 0 Å². The van der Waals surface area contributed by atoms with Crippen LogP contribution in [0.1, 0.15) is 29.0 Å². The van der Waals surface area contributed by atoms with Crippen LogP contribution in [0.4, 0.5) is 18.9 Å². The van der Waals surface area contributed by atoms with Gasteiger partial charge in [-0.2, -0.15) is 13.2 Å². The molecule has 1 fully saturated rings. The number of sulfonamides is 1. The zero-order valence-electron chi connectivity index (χ0n) is 14.7. The van der Waals surface area contributed by atoms with Crippen molar-refractivity contribution < 1.29 is 31.3 Å². The largest absolute Gasteiger partial charge is 0.416 e. The number of nitrogens with zero attached hydrogens (tertiary/aromatic N) is 1. The van der Waals surface area contributed by atoms with Crippen LogP contribution in [0.3, 0.4) is 0 Å². The fourth-order valence-corrected chi connectivity index (χ4v) is 4.27. The number of non-ortho nitro benzene ring substituents is 1. The third-order valence-corrected chi connectivity index (χ3v) is 5.78. The van der Waals surface area contributed by atoms with Gasteiger partial charge < -0.3 is 0 Å². The third-order valence-electron chi connectivity index (χ3n) is 4.55. The van der Waals surface area contributed by atoms with Gasteiger partial charge in [-0.05, 0) is 29.5 Å². The maximum Gasteiger partial charge on any atom is 0.416 e. The van der Waals surface area contributed by atoms with E-state index in [1.54, 1.807) is 0 Å². The number of halogens is 3. The molecule has 2 aromatic carbocycles. The Kier molecular flexibility index (Phi) is 5.35. The summed E-state index contributed by atoms with van der Waals surface area (Å²) in [5, 5.41) is 10.6. The second-order valence-corrected chi connectivity index (χ2v) is 8.40. The van der Waals surface area contributed by atoms with Crippen LogP contribution in [-0.2, 0) is 26.7 Å². The molecule has 1 aliphatic carbocycles. The van der Waals surface area contributed by atoms with E-state index in [0.717, 1.165) is 18.2 Å². The molecule has 11 heteroatoms. The highest BCUT2D eigenvalue weighted by molar-refractivity contribution is 7.89. The van der Waals surface area contributed by atoms with Crippen LogP contribution < -0.4 is 4.72 Å². The number of amides is 1. The Morgan fingerprint density at radius 3 is 2.34 bits per heavy atom. The van der Waals surface area contributed by atoms with Gasteiger partial charge in [0.1, 0.15) is 0 Å². The molecule has 7 nitrogen and oxygen atoms in total. The molecule has 154 valence electrons. The predicted molar refractivity (Wildman–Crippen MR) is 96.2 cm³/mol. The van der Waals surface area contributed by atoms with E-state index >= 15 is 0 Å². The van der Waals surface area contributed by atoms with E-state index in [0.29, 0.717) is 0 Å². The normalized spacial score (nSPS) is 18.9. The topological polar surface area (TPSA) is 106 Å². The number of nitro benzene ring substituents is 1. The number of hydrogen-bond donors (Lipinski definition) is 1. The van der Waals surface area contributed by atoms with Crippen LogP contribution in [-0.4, -0.2) is 19.2 Å². The average molecular weight is 428 g/mol. The Morgan fingerprint density at radius 2 is 1.76 bits per heavy atom. The standard InChI is InChI=1S/C18H15F3N2O5S/c19-18(20,21)16-4-2-1-3-13(16)14-9-15(14)17(24)22-29(27,28)10-11-5-7-12(8-6-11)23(25)26/h1-8,14-15H,9-10H2,(H,22,24). The molecule has 0 saturated heterocycles. The molecule has 2 aromatic rings. The summed E-state index contributed by atoms with van der Waals surface area (Å²) in [7, 11) is -4.11. The number of alkyl halides is 3. The van der Waals surface area contributed by atoms with Gasteiger partial charge in [0.2, 0.25) is 15.9 Å². The van der Waals surface area contributed by atoms with Crippen molar-refractivity contribution >= 4 is 21.6 Å². The molecule has 0 bridgehead atoms. The first-order valence-electron chi connectivity index (χ1n) is 8.42. The third kappa shape index (κ3) is 4.91. The Morgan fingerprint density at radius 1 is 1.14 bits per heavy atom. The highest BCUT2D eigenvalue weighted by Gasteiger charge is 2.48. The van der Waals surface area contributed by atoms with Crippen molar-refractivity contribution in [2.45, 2.75) is 24.3 Å². The zero-order valence-corrected chi connectivity index (χ0v) is 15.5. The summed E-state index contributed by atoms with van der Waals surface area (Å²) >= 11 is 0. The van der Waals surface area contributed by atoms with Gasteiger partial charge in [-0.15, -0.1) is 0 Å². The van der Waals surface area contributed by atoms with Crippen molar-refractivity contribution in [1.29, 1.82) is 0 Å². The summed E-state index contributed by atoms with van der Waals surface area (Å²) in [5.74, 6) is -3.03. The van der Waals surface area contributed by atoms with E-state index in [1.165, 1.54) is 30.3 Å². The fourth-order valence-electron chi connectivity index (χ4n) is 3.11. The highest BCUT2D eigenvalue weighted by atomic mass is 32.2. The van der Waals surface area contributed by atoms with E-state index in [4.69, 9.17) is 0 Å². The molecule has 1 N–H and O–H groups in total. The SMILES string of the molecule is O=C(NS(=O)(=O)Cc1ccc([N+](=O)[O-])cc1)C1CC1c1ccccc1C(F)(F)F. The van der Waals surface area contributed by atoms with Crippen LogP contribution >= 0.6 is 0 Å². The molecule has 2 atom stereocenters. The second-order valence-electron chi connectivity index (χ2n) is 6.68. The smallest absolute Gasteiger partial charge is 0.274 e. The molecule has 2 unspecified atom stereocenters. The van der Waals surface area contributed by atoms with E-state index in [-0.39, 0.29) is 23.2 Å².